The molecule has 4 unspecified atom stereocenters. The third-order valence-electron chi connectivity index (χ3n) is 5.02. The summed E-state index contributed by atoms with van der Waals surface area (Å²) in [5.41, 5.74) is 11.9. The van der Waals surface area contributed by atoms with Crippen molar-refractivity contribution in [1.29, 1.82) is 0 Å². The van der Waals surface area contributed by atoms with Crippen LogP contribution in [0.25, 0.3) is 0 Å². The minimum atomic E-state index is -1.54. The van der Waals surface area contributed by atoms with Gasteiger partial charge in [-0.2, -0.15) is 12.6 Å². The Bertz CT molecular complexity index is 946. The molecule has 0 fully saturated rings. The SMILES string of the molecule is NC(=O)CCC(NC(=O)C(CS)NC(=O)C(N)Cc1ccccc1)C(=O)NC(CCC(=O)O)C(=O)O. The zero-order chi connectivity index (χ0) is 27.3. The highest BCUT2D eigenvalue weighted by Crippen LogP contribution is 2.05. The van der Waals surface area contributed by atoms with E-state index in [0.717, 1.165) is 5.56 Å². The molecule has 0 aliphatic carbocycles. The van der Waals surface area contributed by atoms with Crippen molar-refractivity contribution in [3.8, 4) is 0 Å². The van der Waals surface area contributed by atoms with Gasteiger partial charge in [-0.15, -0.1) is 0 Å². The number of nitrogens with two attached hydrogens (primary N) is 2. The Balaban J connectivity index is 2.86. The van der Waals surface area contributed by atoms with E-state index in [1.807, 2.05) is 6.07 Å². The predicted octanol–water partition coefficient (Wildman–Crippen LogP) is -1.84. The van der Waals surface area contributed by atoms with Crippen LogP contribution in [0.1, 0.15) is 31.2 Å². The summed E-state index contributed by atoms with van der Waals surface area (Å²) in [5, 5.41) is 25.0. The maximum Gasteiger partial charge on any atom is 0.326 e. The molecule has 0 aliphatic rings. The van der Waals surface area contributed by atoms with Gasteiger partial charge in [0.25, 0.3) is 0 Å². The van der Waals surface area contributed by atoms with Crippen LogP contribution in [0.3, 0.4) is 0 Å². The topological polar surface area (TPSA) is 231 Å². The molecule has 1 aromatic carbocycles. The lowest BCUT2D eigenvalue weighted by Crippen LogP contribution is -2.58. The zero-order valence-electron chi connectivity index (χ0n) is 19.4. The van der Waals surface area contributed by atoms with Crippen molar-refractivity contribution in [3.05, 3.63) is 35.9 Å². The number of thiol groups is 1. The molecule has 14 heteroatoms. The quantitative estimate of drug-likeness (QED) is 0.113. The molecule has 0 bridgehead atoms. The Morgan fingerprint density at radius 2 is 1.33 bits per heavy atom. The number of carboxylic acids is 2. The molecule has 0 saturated carbocycles. The van der Waals surface area contributed by atoms with Crippen molar-refractivity contribution in [2.45, 2.75) is 56.3 Å². The van der Waals surface area contributed by atoms with E-state index in [4.69, 9.17) is 16.6 Å². The van der Waals surface area contributed by atoms with E-state index in [1.165, 1.54) is 0 Å². The molecule has 0 saturated heterocycles. The summed E-state index contributed by atoms with van der Waals surface area (Å²) in [7, 11) is 0. The van der Waals surface area contributed by atoms with E-state index in [-0.39, 0.29) is 25.0 Å². The lowest BCUT2D eigenvalue weighted by atomic mass is 10.1. The van der Waals surface area contributed by atoms with Gasteiger partial charge in [0.1, 0.15) is 18.1 Å². The fraction of sp³-hybridized carbons (Fsp3) is 0.455. The number of amides is 4. The summed E-state index contributed by atoms with van der Waals surface area (Å²) >= 11 is 4.06. The van der Waals surface area contributed by atoms with Gasteiger partial charge in [0.2, 0.25) is 23.6 Å². The highest BCUT2D eigenvalue weighted by Gasteiger charge is 2.30. The Kier molecular flexibility index (Phi) is 13.0. The number of hydrogen-bond donors (Lipinski definition) is 8. The van der Waals surface area contributed by atoms with Crippen LogP contribution < -0.4 is 27.4 Å². The number of primary amides is 1. The van der Waals surface area contributed by atoms with Gasteiger partial charge in [-0.3, -0.25) is 24.0 Å². The highest BCUT2D eigenvalue weighted by atomic mass is 32.1. The molecule has 4 amide bonds. The first-order valence-corrected chi connectivity index (χ1v) is 11.6. The Hall–Kier alpha value is -3.65. The summed E-state index contributed by atoms with van der Waals surface area (Å²) in [6.07, 6.45) is -1.29. The van der Waals surface area contributed by atoms with Crippen LogP contribution >= 0.6 is 12.6 Å². The third-order valence-corrected chi connectivity index (χ3v) is 5.39. The first-order valence-electron chi connectivity index (χ1n) is 11.0. The number of hydrogen-bond acceptors (Lipinski definition) is 8. The largest absolute Gasteiger partial charge is 0.481 e. The molecule has 0 radical (unpaired) electrons. The molecule has 4 atom stereocenters. The van der Waals surface area contributed by atoms with Crippen LogP contribution in [0, 0.1) is 0 Å². The van der Waals surface area contributed by atoms with Crippen molar-refractivity contribution in [1.82, 2.24) is 16.0 Å². The van der Waals surface area contributed by atoms with E-state index in [1.54, 1.807) is 24.3 Å². The van der Waals surface area contributed by atoms with Gasteiger partial charge in [0, 0.05) is 18.6 Å². The van der Waals surface area contributed by atoms with E-state index in [2.05, 4.69) is 28.6 Å². The third kappa shape index (κ3) is 11.2. The van der Waals surface area contributed by atoms with Gasteiger partial charge in [-0.1, -0.05) is 30.3 Å². The summed E-state index contributed by atoms with van der Waals surface area (Å²) in [4.78, 5) is 71.3. The number of carbonyl (C=O) groups is 6. The second-order valence-corrected chi connectivity index (χ2v) is 8.30. The monoisotopic (exact) mass is 525 g/mol. The van der Waals surface area contributed by atoms with E-state index < -0.39 is 72.6 Å². The van der Waals surface area contributed by atoms with Gasteiger partial charge in [0.15, 0.2) is 0 Å². The molecule has 0 spiro atoms. The van der Waals surface area contributed by atoms with Crippen LogP contribution in [-0.4, -0.2) is 75.7 Å². The molecule has 13 nitrogen and oxygen atoms in total. The number of rotatable bonds is 16. The summed E-state index contributed by atoms with van der Waals surface area (Å²) in [5.74, 6) is -6.08. The van der Waals surface area contributed by atoms with Crippen LogP contribution in [-0.2, 0) is 35.2 Å². The number of aliphatic carboxylic acids is 2. The average Bonchev–Trinajstić information content (AvgIpc) is 2.82. The molecule has 9 N–H and O–H groups in total. The molecular formula is C22H31N5O8S. The number of nitrogens with one attached hydrogen (secondary N) is 3. The lowest BCUT2D eigenvalue weighted by Gasteiger charge is -2.24. The van der Waals surface area contributed by atoms with Crippen molar-refractivity contribution in [3.63, 3.8) is 0 Å². The first kappa shape index (κ1) is 30.4. The molecule has 0 heterocycles. The van der Waals surface area contributed by atoms with Gasteiger partial charge >= 0.3 is 11.9 Å². The Labute approximate surface area is 212 Å². The van der Waals surface area contributed by atoms with E-state index in [0.29, 0.717) is 0 Å². The molecular weight excluding hydrogens is 494 g/mol. The van der Waals surface area contributed by atoms with Gasteiger partial charge < -0.3 is 37.6 Å². The number of benzene rings is 1. The van der Waals surface area contributed by atoms with Crippen molar-refractivity contribution in [2.24, 2.45) is 11.5 Å². The smallest absolute Gasteiger partial charge is 0.326 e. The molecule has 1 aromatic rings. The van der Waals surface area contributed by atoms with E-state index >= 15 is 0 Å². The van der Waals surface area contributed by atoms with Gasteiger partial charge in [-0.25, -0.2) is 4.79 Å². The van der Waals surface area contributed by atoms with Crippen LogP contribution in [0.2, 0.25) is 0 Å². The second kappa shape index (κ2) is 15.4. The Morgan fingerprint density at radius 3 is 1.86 bits per heavy atom. The normalized spacial score (nSPS) is 13.9. The fourth-order valence-electron chi connectivity index (χ4n) is 3.06. The number of carbonyl (C=O) groups excluding carboxylic acids is 4. The van der Waals surface area contributed by atoms with Crippen molar-refractivity contribution >= 4 is 48.2 Å². The maximum absolute atomic E-state index is 12.8. The van der Waals surface area contributed by atoms with Gasteiger partial charge in [-0.05, 0) is 24.8 Å². The van der Waals surface area contributed by atoms with E-state index in [9.17, 15) is 33.9 Å². The minimum absolute atomic E-state index is 0.157. The standard InChI is InChI=1S/C22H31N5O8S/c23-13(10-12-4-2-1-3-5-12)19(31)27-16(11-36)21(33)25-14(6-8-17(24)28)20(32)26-15(22(34)35)7-9-18(29)30/h1-5,13-16,36H,6-11,23H2,(H2,24,28)(H,25,33)(H,26,32)(H,27,31)(H,29,30)(H,34,35). The summed E-state index contributed by atoms with van der Waals surface area (Å²) in [6, 6.07) is 3.86. The predicted molar refractivity (Wildman–Crippen MR) is 131 cm³/mol. The van der Waals surface area contributed by atoms with Crippen LogP contribution in [0.4, 0.5) is 0 Å². The molecule has 1 rings (SSSR count). The van der Waals surface area contributed by atoms with Gasteiger partial charge in [0.05, 0.1) is 6.04 Å². The molecule has 0 aromatic heterocycles. The Morgan fingerprint density at radius 1 is 0.806 bits per heavy atom. The number of carboxylic acid groups (broad SMARTS) is 2. The lowest BCUT2D eigenvalue weighted by molar-refractivity contribution is -0.143. The second-order valence-electron chi connectivity index (χ2n) is 7.94. The fourth-order valence-corrected chi connectivity index (χ4v) is 3.32. The average molecular weight is 526 g/mol. The summed E-state index contributed by atoms with van der Waals surface area (Å²) in [6.45, 7) is 0. The van der Waals surface area contributed by atoms with Crippen molar-refractivity contribution in [2.75, 3.05) is 5.75 Å². The maximum atomic E-state index is 12.8. The highest BCUT2D eigenvalue weighted by molar-refractivity contribution is 7.80. The minimum Gasteiger partial charge on any atom is -0.481 e. The summed E-state index contributed by atoms with van der Waals surface area (Å²) < 4.78 is 0. The molecule has 198 valence electrons. The van der Waals surface area contributed by atoms with Crippen LogP contribution in [0.5, 0.6) is 0 Å². The van der Waals surface area contributed by atoms with Crippen molar-refractivity contribution < 1.29 is 39.0 Å². The molecule has 36 heavy (non-hydrogen) atoms. The zero-order valence-corrected chi connectivity index (χ0v) is 20.3. The first-order chi connectivity index (χ1) is 16.9. The van der Waals surface area contributed by atoms with Crippen LogP contribution in [0.15, 0.2) is 30.3 Å². The molecule has 0 aliphatic heterocycles.